The predicted molar refractivity (Wildman–Crippen MR) is 134 cm³/mol. The lowest BCUT2D eigenvalue weighted by molar-refractivity contribution is -0.384. The molecule has 0 radical (unpaired) electrons. The number of nitro benzene ring substituents is 1. The van der Waals surface area contributed by atoms with E-state index in [-0.39, 0.29) is 16.3 Å². The molecule has 3 aromatic carbocycles. The second-order valence-electron chi connectivity index (χ2n) is 8.17. The lowest BCUT2D eigenvalue weighted by Crippen LogP contribution is -2.41. The van der Waals surface area contributed by atoms with Crippen LogP contribution in [0, 0.1) is 10.1 Å². The molecule has 0 saturated heterocycles. The molecule has 1 aliphatic rings. The molecule has 0 atom stereocenters. The Kier molecular flexibility index (Phi) is 7.31. The molecule has 9 nitrogen and oxygen atoms in total. The van der Waals surface area contributed by atoms with Crippen LogP contribution in [0.1, 0.15) is 12.0 Å². The lowest BCUT2D eigenvalue weighted by atomic mass is 10.2. The van der Waals surface area contributed by atoms with Gasteiger partial charge in [-0.15, -0.1) is 0 Å². The van der Waals surface area contributed by atoms with E-state index in [4.69, 9.17) is 0 Å². The molecule has 35 heavy (non-hydrogen) atoms. The van der Waals surface area contributed by atoms with Crippen LogP contribution in [0.3, 0.4) is 0 Å². The number of nitrogens with one attached hydrogen (secondary N) is 1. The van der Waals surface area contributed by atoms with Crippen molar-refractivity contribution < 1.29 is 18.1 Å². The van der Waals surface area contributed by atoms with Crippen LogP contribution in [-0.4, -0.2) is 45.4 Å². The molecule has 0 spiro atoms. The third-order valence-corrected chi connectivity index (χ3v) is 7.65. The second kappa shape index (κ2) is 10.6. The van der Waals surface area contributed by atoms with Crippen LogP contribution in [0.15, 0.2) is 83.8 Å². The highest BCUT2D eigenvalue weighted by Crippen LogP contribution is 2.28. The third-order valence-electron chi connectivity index (χ3n) is 5.86. The zero-order valence-corrected chi connectivity index (χ0v) is 19.9. The fraction of sp³-hybridized carbons (Fsp3) is 0.240. The van der Waals surface area contributed by atoms with Gasteiger partial charge in [0.2, 0.25) is 5.91 Å². The van der Waals surface area contributed by atoms with Gasteiger partial charge < -0.3 is 10.2 Å². The summed E-state index contributed by atoms with van der Waals surface area (Å²) in [4.78, 5) is 25.6. The van der Waals surface area contributed by atoms with E-state index in [1.54, 1.807) is 18.2 Å². The van der Waals surface area contributed by atoms with Crippen LogP contribution in [0.25, 0.3) is 0 Å². The lowest BCUT2D eigenvalue weighted by Gasteiger charge is -2.24. The summed E-state index contributed by atoms with van der Waals surface area (Å²) in [6.07, 6.45) is 1.69. The van der Waals surface area contributed by atoms with Crippen molar-refractivity contribution in [2.45, 2.75) is 17.7 Å². The quantitative estimate of drug-likeness (QED) is 0.263. The van der Waals surface area contributed by atoms with Crippen molar-refractivity contribution in [2.75, 3.05) is 35.4 Å². The standard InChI is InChI=1S/C25H26N4O5S/c30-25(26-15-7-16-27-17-14-20-8-4-5-13-24(20)27)19-28(21-9-6-10-22(18-21)29(31)32)35(33,34)23-11-2-1-3-12-23/h1-6,8-13,18H,7,14-17,19H2,(H,26,30). The topological polar surface area (TPSA) is 113 Å². The average molecular weight is 495 g/mol. The van der Waals surface area contributed by atoms with Crippen molar-refractivity contribution in [3.63, 3.8) is 0 Å². The van der Waals surface area contributed by atoms with Crippen LogP contribution in [-0.2, 0) is 21.2 Å². The van der Waals surface area contributed by atoms with Crippen LogP contribution in [0.4, 0.5) is 17.1 Å². The van der Waals surface area contributed by atoms with E-state index in [1.165, 1.54) is 41.6 Å². The average Bonchev–Trinajstić information content (AvgIpc) is 3.29. The number of benzene rings is 3. The van der Waals surface area contributed by atoms with Gasteiger partial charge in [-0.25, -0.2) is 8.42 Å². The summed E-state index contributed by atoms with van der Waals surface area (Å²) in [5, 5.41) is 14.0. The highest BCUT2D eigenvalue weighted by molar-refractivity contribution is 7.92. The molecule has 3 aromatic rings. The number of non-ortho nitro benzene ring substituents is 1. The Hall–Kier alpha value is -3.92. The van der Waals surface area contributed by atoms with Gasteiger partial charge in [0.05, 0.1) is 15.5 Å². The summed E-state index contributed by atoms with van der Waals surface area (Å²) in [6.45, 7) is 1.59. The van der Waals surface area contributed by atoms with E-state index in [9.17, 15) is 23.3 Å². The van der Waals surface area contributed by atoms with Crippen LogP contribution >= 0.6 is 0 Å². The molecule has 10 heteroatoms. The Balaban J connectivity index is 1.44. The van der Waals surface area contributed by atoms with Crippen molar-refractivity contribution in [1.82, 2.24) is 5.32 Å². The Bertz CT molecular complexity index is 1310. The molecule has 1 N–H and O–H groups in total. The van der Waals surface area contributed by atoms with Crippen molar-refractivity contribution >= 4 is 33.0 Å². The van der Waals surface area contributed by atoms with Gasteiger partial charge in [-0.1, -0.05) is 42.5 Å². The normalized spacial score (nSPS) is 12.7. The van der Waals surface area contributed by atoms with Gasteiger partial charge in [0.15, 0.2) is 0 Å². The molecule has 0 fully saturated rings. The van der Waals surface area contributed by atoms with Crippen LogP contribution in [0.5, 0.6) is 0 Å². The number of carbonyl (C=O) groups excluding carboxylic acids is 1. The fourth-order valence-electron chi connectivity index (χ4n) is 4.12. The van der Waals surface area contributed by atoms with Crippen molar-refractivity contribution in [3.05, 3.63) is 94.5 Å². The fourth-order valence-corrected chi connectivity index (χ4v) is 5.55. The number of amides is 1. The molecule has 4 rings (SSSR count). The number of hydrogen-bond acceptors (Lipinski definition) is 6. The molecule has 1 heterocycles. The molecule has 0 aliphatic carbocycles. The molecule has 1 amide bonds. The molecule has 0 unspecified atom stereocenters. The maximum absolute atomic E-state index is 13.3. The smallest absolute Gasteiger partial charge is 0.271 e. The zero-order chi connectivity index (χ0) is 24.8. The minimum atomic E-state index is -4.13. The van der Waals surface area contributed by atoms with E-state index < -0.39 is 27.4 Å². The Morgan fingerprint density at radius 1 is 1.03 bits per heavy atom. The molecular weight excluding hydrogens is 468 g/mol. The third kappa shape index (κ3) is 5.60. The molecular formula is C25H26N4O5S. The first kappa shape index (κ1) is 24.2. The van der Waals surface area contributed by atoms with Gasteiger partial charge in [0.25, 0.3) is 15.7 Å². The van der Waals surface area contributed by atoms with E-state index >= 15 is 0 Å². The second-order valence-corrected chi connectivity index (χ2v) is 10.0. The van der Waals surface area contributed by atoms with Gasteiger partial charge in [0, 0.05) is 37.5 Å². The largest absolute Gasteiger partial charge is 0.371 e. The number of hydrogen-bond donors (Lipinski definition) is 1. The van der Waals surface area contributed by atoms with Gasteiger partial charge in [-0.2, -0.15) is 0 Å². The molecule has 0 bridgehead atoms. The van der Waals surface area contributed by atoms with Crippen molar-refractivity contribution in [1.29, 1.82) is 0 Å². The van der Waals surface area contributed by atoms with Gasteiger partial charge in [-0.3, -0.25) is 19.2 Å². The summed E-state index contributed by atoms with van der Waals surface area (Å²) in [6, 6.07) is 21.2. The first-order chi connectivity index (χ1) is 16.9. The molecule has 182 valence electrons. The Morgan fingerprint density at radius 2 is 1.77 bits per heavy atom. The number of carbonyl (C=O) groups is 1. The minimum absolute atomic E-state index is 0.00740. The Morgan fingerprint density at radius 3 is 2.54 bits per heavy atom. The molecule has 0 saturated carbocycles. The summed E-state index contributed by atoms with van der Waals surface area (Å²) in [5.74, 6) is -0.488. The Labute approximate surface area is 204 Å². The number of para-hydroxylation sites is 1. The van der Waals surface area contributed by atoms with E-state index in [2.05, 4.69) is 22.3 Å². The summed E-state index contributed by atoms with van der Waals surface area (Å²) in [5.41, 5.74) is 2.31. The number of sulfonamides is 1. The number of rotatable bonds is 10. The number of fused-ring (bicyclic) bond motifs is 1. The van der Waals surface area contributed by atoms with Gasteiger partial charge in [-0.05, 0) is 42.7 Å². The first-order valence-corrected chi connectivity index (χ1v) is 12.7. The SMILES string of the molecule is O=C(CN(c1cccc([N+](=O)[O-])c1)S(=O)(=O)c1ccccc1)NCCCN1CCc2ccccc21. The first-order valence-electron chi connectivity index (χ1n) is 11.3. The summed E-state index contributed by atoms with van der Waals surface area (Å²) >= 11 is 0. The van der Waals surface area contributed by atoms with E-state index in [0.29, 0.717) is 13.0 Å². The van der Waals surface area contributed by atoms with Crippen LogP contribution in [0.2, 0.25) is 0 Å². The van der Waals surface area contributed by atoms with E-state index in [0.717, 1.165) is 29.9 Å². The minimum Gasteiger partial charge on any atom is -0.371 e. The highest BCUT2D eigenvalue weighted by atomic mass is 32.2. The van der Waals surface area contributed by atoms with Crippen LogP contribution < -0.4 is 14.5 Å². The number of anilines is 2. The van der Waals surface area contributed by atoms with Crippen molar-refractivity contribution in [3.8, 4) is 0 Å². The maximum atomic E-state index is 13.3. The van der Waals surface area contributed by atoms with Gasteiger partial charge in [0.1, 0.15) is 6.54 Å². The highest BCUT2D eigenvalue weighted by Gasteiger charge is 2.28. The predicted octanol–water partition coefficient (Wildman–Crippen LogP) is 3.36. The maximum Gasteiger partial charge on any atom is 0.271 e. The molecule has 1 aliphatic heterocycles. The zero-order valence-electron chi connectivity index (χ0n) is 19.0. The number of nitro groups is 1. The summed E-state index contributed by atoms with van der Waals surface area (Å²) in [7, 11) is -4.13. The van der Waals surface area contributed by atoms with Gasteiger partial charge >= 0.3 is 0 Å². The monoisotopic (exact) mass is 494 g/mol. The summed E-state index contributed by atoms with van der Waals surface area (Å²) < 4.78 is 27.6. The number of nitrogens with zero attached hydrogens (tertiary/aromatic N) is 3. The van der Waals surface area contributed by atoms with E-state index in [1.807, 2.05) is 12.1 Å². The molecule has 0 aromatic heterocycles. The van der Waals surface area contributed by atoms with Crippen molar-refractivity contribution in [2.24, 2.45) is 0 Å².